The number of likely N-dealkylation sites (N-methyl/N-ethyl adjacent to an activating group) is 2. The fraction of sp³-hybridized carbons (Fsp3) is 1.00. The Morgan fingerprint density at radius 3 is 2.60 bits per heavy atom. The van der Waals surface area contributed by atoms with Gasteiger partial charge in [0.25, 0.3) is 0 Å². The average Bonchev–Trinajstić information content (AvgIpc) is 2.25. The van der Waals surface area contributed by atoms with E-state index in [-0.39, 0.29) is 6.29 Å². The Hall–Kier alpha value is -0.160. The Morgan fingerprint density at radius 2 is 2.07 bits per heavy atom. The highest BCUT2D eigenvalue weighted by Crippen LogP contribution is 2.13. The quantitative estimate of drug-likeness (QED) is 0.629. The first-order valence-electron chi connectivity index (χ1n) is 5.61. The summed E-state index contributed by atoms with van der Waals surface area (Å²) in [6, 6.07) is 0.636. The number of methoxy groups -OCH3 is 2. The van der Waals surface area contributed by atoms with Crippen LogP contribution in [0.2, 0.25) is 0 Å². The van der Waals surface area contributed by atoms with E-state index in [4.69, 9.17) is 9.47 Å². The van der Waals surface area contributed by atoms with E-state index in [1.165, 1.54) is 19.4 Å². The summed E-state index contributed by atoms with van der Waals surface area (Å²) < 4.78 is 10.4. The minimum Gasteiger partial charge on any atom is -0.355 e. The lowest BCUT2D eigenvalue weighted by Gasteiger charge is -2.36. The van der Waals surface area contributed by atoms with Crippen LogP contribution in [0.1, 0.15) is 12.8 Å². The summed E-state index contributed by atoms with van der Waals surface area (Å²) in [4.78, 5) is 4.73. The normalized spacial score (nSPS) is 24.0. The van der Waals surface area contributed by atoms with Crippen molar-refractivity contribution in [2.75, 3.05) is 47.9 Å². The molecule has 1 aliphatic rings. The maximum atomic E-state index is 5.21. The fourth-order valence-corrected chi connectivity index (χ4v) is 2.13. The van der Waals surface area contributed by atoms with E-state index in [2.05, 4.69) is 23.9 Å². The first-order chi connectivity index (χ1) is 7.17. The zero-order chi connectivity index (χ0) is 11.3. The molecular weight excluding hydrogens is 192 g/mol. The number of piperidine rings is 1. The van der Waals surface area contributed by atoms with E-state index < -0.39 is 0 Å². The molecule has 0 amide bonds. The highest BCUT2D eigenvalue weighted by Gasteiger charge is 2.22. The summed E-state index contributed by atoms with van der Waals surface area (Å²) in [7, 11) is 7.71. The van der Waals surface area contributed by atoms with E-state index in [1.54, 1.807) is 14.2 Å². The van der Waals surface area contributed by atoms with Gasteiger partial charge in [-0.15, -0.1) is 0 Å². The molecule has 1 heterocycles. The van der Waals surface area contributed by atoms with Gasteiger partial charge in [-0.3, -0.25) is 4.90 Å². The molecule has 0 aromatic rings. The largest absolute Gasteiger partial charge is 0.355 e. The second-order valence-corrected chi connectivity index (χ2v) is 4.40. The average molecular weight is 216 g/mol. The zero-order valence-electron chi connectivity index (χ0n) is 10.4. The number of hydrogen-bond donors (Lipinski definition) is 0. The summed E-state index contributed by atoms with van der Waals surface area (Å²) in [5, 5.41) is 0. The van der Waals surface area contributed by atoms with Crippen LogP contribution in [-0.4, -0.2) is 70.1 Å². The van der Waals surface area contributed by atoms with E-state index in [1.807, 2.05) is 0 Å². The van der Waals surface area contributed by atoms with Gasteiger partial charge in [0, 0.05) is 33.4 Å². The van der Waals surface area contributed by atoms with Crippen molar-refractivity contribution in [1.82, 2.24) is 9.80 Å². The van der Waals surface area contributed by atoms with Crippen LogP contribution in [0.15, 0.2) is 0 Å². The molecule has 1 rings (SSSR count). The summed E-state index contributed by atoms with van der Waals surface area (Å²) in [6.07, 6.45) is 2.46. The van der Waals surface area contributed by atoms with E-state index >= 15 is 0 Å². The number of hydrogen-bond acceptors (Lipinski definition) is 4. The molecule has 15 heavy (non-hydrogen) atoms. The molecule has 0 saturated carbocycles. The van der Waals surface area contributed by atoms with Crippen LogP contribution in [0.5, 0.6) is 0 Å². The molecule has 0 N–H and O–H groups in total. The standard InChI is InChI=1S/C11H24N2O2/c1-12-7-5-6-10(8-12)13(2)9-11(14-3)15-4/h10-11H,5-9H2,1-4H3. The molecule has 1 atom stereocenters. The molecule has 0 bridgehead atoms. The van der Waals surface area contributed by atoms with Crippen LogP contribution in [0.4, 0.5) is 0 Å². The van der Waals surface area contributed by atoms with Gasteiger partial charge in [-0.05, 0) is 33.5 Å². The molecule has 90 valence electrons. The minimum atomic E-state index is -0.109. The van der Waals surface area contributed by atoms with Gasteiger partial charge < -0.3 is 14.4 Å². The first kappa shape index (κ1) is 12.9. The molecule has 1 saturated heterocycles. The summed E-state index contributed by atoms with van der Waals surface area (Å²) in [5.41, 5.74) is 0. The van der Waals surface area contributed by atoms with Gasteiger partial charge in [-0.25, -0.2) is 0 Å². The van der Waals surface area contributed by atoms with Crippen LogP contribution in [0.25, 0.3) is 0 Å². The second-order valence-electron chi connectivity index (χ2n) is 4.40. The summed E-state index contributed by atoms with van der Waals surface area (Å²) in [6.45, 7) is 3.21. The van der Waals surface area contributed by atoms with Crippen molar-refractivity contribution in [2.24, 2.45) is 0 Å². The van der Waals surface area contributed by atoms with Gasteiger partial charge in [0.2, 0.25) is 0 Å². The molecule has 0 aromatic heterocycles. The fourth-order valence-electron chi connectivity index (χ4n) is 2.13. The lowest BCUT2D eigenvalue weighted by atomic mass is 10.1. The number of likely N-dealkylation sites (tertiary alicyclic amines) is 1. The van der Waals surface area contributed by atoms with Gasteiger partial charge in [0.1, 0.15) is 0 Å². The van der Waals surface area contributed by atoms with Crippen LogP contribution in [-0.2, 0) is 9.47 Å². The van der Waals surface area contributed by atoms with Gasteiger partial charge >= 0.3 is 0 Å². The molecule has 0 aliphatic carbocycles. The molecule has 0 radical (unpaired) electrons. The summed E-state index contributed by atoms with van der Waals surface area (Å²) in [5.74, 6) is 0. The molecule has 4 heteroatoms. The van der Waals surface area contributed by atoms with Crippen LogP contribution in [0.3, 0.4) is 0 Å². The predicted octanol–water partition coefficient (Wildman–Crippen LogP) is 0.631. The Balaban J connectivity index is 2.34. The zero-order valence-corrected chi connectivity index (χ0v) is 10.4. The van der Waals surface area contributed by atoms with Crippen molar-refractivity contribution in [3.05, 3.63) is 0 Å². The third kappa shape index (κ3) is 4.07. The lowest BCUT2D eigenvalue weighted by molar-refractivity contribution is -0.119. The lowest BCUT2D eigenvalue weighted by Crippen LogP contribution is -2.47. The summed E-state index contributed by atoms with van der Waals surface area (Å²) >= 11 is 0. The highest BCUT2D eigenvalue weighted by molar-refractivity contribution is 4.77. The van der Waals surface area contributed by atoms with Crippen LogP contribution >= 0.6 is 0 Å². The van der Waals surface area contributed by atoms with Crippen molar-refractivity contribution < 1.29 is 9.47 Å². The molecule has 1 fully saturated rings. The number of nitrogens with zero attached hydrogens (tertiary/aromatic N) is 2. The van der Waals surface area contributed by atoms with Crippen molar-refractivity contribution in [2.45, 2.75) is 25.2 Å². The van der Waals surface area contributed by atoms with Gasteiger partial charge in [0.15, 0.2) is 6.29 Å². The number of ether oxygens (including phenoxy) is 2. The SMILES string of the molecule is COC(CN(C)C1CCCN(C)C1)OC. The maximum absolute atomic E-state index is 5.21. The Kier molecular flexibility index (Phi) is 5.53. The molecule has 1 aliphatic heterocycles. The molecular formula is C11H24N2O2. The van der Waals surface area contributed by atoms with Crippen molar-refractivity contribution in [1.29, 1.82) is 0 Å². The molecule has 4 nitrogen and oxygen atoms in total. The van der Waals surface area contributed by atoms with E-state index in [9.17, 15) is 0 Å². The molecule has 0 aromatic carbocycles. The Labute approximate surface area is 93.1 Å². The second kappa shape index (κ2) is 6.43. The maximum Gasteiger partial charge on any atom is 0.169 e. The molecule has 1 unspecified atom stereocenters. The van der Waals surface area contributed by atoms with Gasteiger partial charge in [-0.1, -0.05) is 0 Å². The molecule has 0 spiro atoms. The Morgan fingerprint density at radius 1 is 1.40 bits per heavy atom. The minimum absolute atomic E-state index is 0.109. The van der Waals surface area contributed by atoms with Crippen molar-refractivity contribution in [3.8, 4) is 0 Å². The first-order valence-corrected chi connectivity index (χ1v) is 5.61. The predicted molar refractivity (Wildman–Crippen MR) is 61.0 cm³/mol. The Bertz CT molecular complexity index is 174. The third-order valence-electron chi connectivity index (χ3n) is 3.19. The van der Waals surface area contributed by atoms with E-state index in [0.717, 1.165) is 13.1 Å². The van der Waals surface area contributed by atoms with Crippen molar-refractivity contribution in [3.63, 3.8) is 0 Å². The van der Waals surface area contributed by atoms with Gasteiger partial charge in [0.05, 0.1) is 0 Å². The van der Waals surface area contributed by atoms with Gasteiger partial charge in [-0.2, -0.15) is 0 Å². The van der Waals surface area contributed by atoms with Crippen LogP contribution < -0.4 is 0 Å². The topological polar surface area (TPSA) is 24.9 Å². The monoisotopic (exact) mass is 216 g/mol. The third-order valence-corrected chi connectivity index (χ3v) is 3.19. The number of rotatable bonds is 5. The van der Waals surface area contributed by atoms with E-state index in [0.29, 0.717) is 6.04 Å². The van der Waals surface area contributed by atoms with Crippen molar-refractivity contribution >= 4 is 0 Å². The van der Waals surface area contributed by atoms with Crippen LogP contribution in [0, 0.1) is 0 Å². The smallest absolute Gasteiger partial charge is 0.169 e. The highest BCUT2D eigenvalue weighted by atomic mass is 16.7.